The number of amides is 1. The van der Waals surface area contributed by atoms with Crippen LogP contribution in [-0.4, -0.2) is 23.6 Å². The zero-order valence-electron chi connectivity index (χ0n) is 14.8. The van der Waals surface area contributed by atoms with E-state index >= 15 is 0 Å². The quantitative estimate of drug-likeness (QED) is 0.681. The largest absolute Gasteiger partial charge is 0.492 e. The maximum absolute atomic E-state index is 13.1. The van der Waals surface area contributed by atoms with Gasteiger partial charge in [-0.2, -0.15) is 0 Å². The average Bonchev–Trinajstić information content (AvgIpc) is 2.95. The molecular formula is C21H21FN2O2. The van der Waals surface area contributed by atoms with Crippen LogP contribution < -0.4 is 10.1 Å². The van der Waals surface area contributed by atoms with Gasteiger partial charge >= 0.3 is 0 Å². The summed E-state index contributed by atoms with van der Waals surface area (Å²) < 4.78 is 20.7. The van der Waals surface area contributed by atoms with Crippen molar-refractivity contribution in [3.63, 3.8) is 0 Å². The van der Waals surface area contributed by atoms with Crippen molar-refractivity contribution in [3.8, 4) is 11.4 Å². The highest BCUT2D eigenvalue weighted by atomic mass is 19.1. The molecule has 3 aromatic rings. The molecule has 3 rings (SSSR count). The van der Waals surface area contributed by atoms with Crippen molar-refractivity contribution < 1.29 is 13.9 Å². The Hall–Kier alpha value is -3.08. The Kier molecular flexibility index (Phi) is 5.37. The van der Waals surface area contributed by atoms with E-state index in [4.69, 9.17) is 4.74 Å². The maximum atomic E-state index is 13.1. The number of halogens is 1. The van der Waals surface area contributed by atoms with Gasteiger partial charge in [0.05, 0.1) is 12.1 Å². The standard InChI is InChI=1S/C21H21FN2O2/c1-15-14-20(16(2)24(15)18-10-8-17(22)9-11-18)21(25)23-12-13-26-19-6-4-3-5-7-19/h3-11,14H,12-13H2,1-2H3,(H,23,25). The van der Waals surface area contributed by atoms with Crippen LogP contribution in [0.1, 0.15) is 21.7 Å². The fourth-order valence-electron chi connectivity index (χ4n) is 2.93. The van der Waals surface area contributed by atoms with Crippen LogP contribution >= 0.6 is 0 Å². The smallest absolute Gasteiger partial charge is 0.253 e. The number of para-hydroxylation sites is 1. The molecule has 0 aliphatic heterocycles. The Bertz CT molecular complexity index is 886. The first-order valence-electron chi connectivity index (χ1n) is 8.47. The van der Waals surface area contributed by atoms with E-state index in [1.165, 1.54) is 12.1 Å². The Morgan fingerprint density at radius 1 is 1.08 bits per heavy atom. The van der Waals surface area contributed by atoms with E-state index in [0.717, 1.165) is 22.8 Å². The van der Waals surface area contributed by atoms with Crippen LogP contribution in [0, 0.1) is 19.7 Å². The Labute approximate surface area is 152 Å². The lowest BCUT2D eigenvalue weighted by Gasteiger charge is -2.10. The summed E-state index contributed by atoms with van der Waals surface area (Å²) in [7, 11) is 0. The first kappa shape index (κ1) is 17.7. The van der Waals surface area contributed by atoms with Gasteiger partial charge in [0.25, 0.3) is 5.91 Å². The summed E-state index contributed by atoms with van der Waals surface area (Å²) in [5.74, 6) is 0.340. The molecule has 1 heterocycles. The van der Waals surface area contributed by atoms with Gasteiger partial charge < -0.3 is 14.6 Å². The minimum absolute atomic E-state index is 0.150. The summed E-state index contributed by atoms with van der Waals surface area (Å²) >= 11 is 0. The number of carbonyl (C=O) groups excluding carboxylic acids is 1. The monoisotopic (exact) mass is 352 g/mol. The molecule has 1 aromatic heterocycles. The third kappa shape index (κ3) is 3.94. The number of ether oxygens (including phenoxy) is 1. The molecule has 1 N–H and O–H groups in total. The van der Waals surface area contributed by atoms with Gasteiger partial charge in [-0.05, 0) is 56.3 Å². The fourth-order valence-corrected chi connectivity index (χ4v) is 2.93. The molecule has 0 aliphatic carbocycles. The number of aryl methyl sites for hydroxylation is 1. The summed E-state index contributed by atoms with van der Waals surface area (Å²) in [5.41, 5.74) is 3.16. The highest BCUT2D eigenvalue weighted by molar-refractivity contribution is 5.95. The average molecular weight is 352 g/mol. The third-order valence-electron chi connectivity index (χ3n) is 4.16. The van der Waals surface area contributed by atoms with Crippen molar-refractivity contribution in [1.29, 1.82) is 0 Å². The predicted molar refractivity (Wildman–Crippen MR) is 99.5 cm³/mol. The minimum atomic E-state index is -0.285. The SMILES string of the molecule is Cc1cc(C(=O)NCCOc2ccccc2)c(C)n1-c1ccc(F)cc1. The lowest BCUT2D eigenvalue weighted by Crippen LogP contribution is -2.28. The van der Waals surface area contributed by atoms with Crippen LogP contribution in [-0.2, 0) is 0 Å². The second-order valence-corrected chi connectivity index (χ2v) is 6.01. The zero-order chi connectivity index (χ0) is 18.5. The number of rotatable bonds is 6. The lowest BCUT2D eigenvalue weighted by molar-refractivity contribution is 0.0946. The number of hydrogen-bond donors (Lipinski definition) is 1. The van der Waals surface area contributed by atoms with Crippen molar-refractivity contribution >= 4 is 5.91 Å². The predicted octanol–water partition coefficient (Wildman–Crippen LogP) is 4.04. The van der Waals surface area contributed by atoms with E-state index < -0.39 is 0 Å². The van der Waals surface area contributed by atoms with Crippen molar-refractivity contribution in [3.05, 3.63) is 83.4 Å². The number of hydrogen-bond acceptors (Lipinski definition) is 2. The summed E-state index contributed by atoms with van der Waals surface area (Å²) in [5, 5.41) is 2.87. The molecule has 0 unspecified atom stereocenters. The van der Waals surface area contributed by atoms with Gasteiger partial charge in [0.2, 0.25) is 0 Å². The van der Waals surface area contributed by atoms with E-state index in [1.54, 1.807) is 12.1 Å². The number of nitrogens with zero attached hydrogens (tertiary/aromatic N) is 1. The molecule has 0 saturated carbocycles. The van der Waals surface area contributed by atoms with Crippen LogP contribution in [0.3, 0.4) is 0 Å². The maximum Gasteiger partial charge on any atom is 0.253 e. The number of benzene rings is 2. The first-order chi connectivity index (χ1) is 12.6. The molecule has 0 fully saturated rings. The third-order valence-corrected chi connectivity index (χ3v) is 4.16. The molecule has 134 valence electrons. The van der Waals surface area contributed by atoms with Crippen LogP contribution in [0.5, 0.6) is 5.75 Å². The second-order valence-electron chi connectivity index (χ2n) is 6.01. The molecule has 0 bridgehead atoms. The van der Waals surface area contributed by atoms with E-state index in [2.05, 4.69) is 5.32 Å². The van der Waals surface area contributed by atoms with Gasteiger partial charge in [-0.25, -0.2) is 4.39 Å². The topological polar surface area (TPSA) is 43.3 Å². The van der Waals surface area contributed by atoms with Crippen LogP contribution in [0.2, 0.25) is 0 Å². The lowest BCUT2D eigenvalue weighted by atomic mass is 10.2. The van der Waals surface area contributed by atoms with Gasteiger partial charge in [-0.15, -0.1) is 0 Å². The van der Waals surface area contributed by atoms with Crippen molar-refractivity contribution in [1.82, 2.24) is 9.88 Å². The summed E-state index contributed by atoms with van der Waals surface area (Å²) in [6.07, 6.45) is 0. The molecular weight excluding hydrogens is 331 g/mol. The van der Waals surface area contributed by atoms with Crippen LogP contribution in [0.15, 0.2) is 60.7 Å². The van der Waals surface area contributed by atoms with Crippen LogP contribution in [0.25, 0.3) is 5.69 Å². The molecule has 2 aromatic carbocycles. The molecule has 0 radical (unpaired) electrons. The molecule has 0 atom stereocenters. The molecule has 5 heteroatoms. The van der Waals surface area contributed by atoms with E-state index in [0.29, 0.717) is 18.7 Å². The Morgan fingerprint density at radius 2 is 1.77 bits per heavy atom. The highest BCUT2D eigenvalue weighted by Gasteiger charge is 2.16. The minimum Gasteiger partial charge on any atom is -0.492 e. The van der Waals surface area contributed by atoms with Crippen molar-refractivity contribution in [2.75, 3.05) is 13.2 Å². The normalized spacial score (nSPS) is 10.6. The van der Waals surface area contributed by atoms with Crippen LogP contribution in [0.4, 0.5) is 4.39 Å². The van der Waals surface area contributed by atoms with Crippen molar-refractivity contribution in [2.24, 2.45) is 0 Å². The van der Waals surface area contributed by atoms with Gasteiger partial charge in [0.15, 0.2) is 0 Å². The molecule has 0 saturated heterocycles. The van der Waals surface area contributed by atoms with Gasteiger partial charge in [0, 0.05) is 17.1 Å². The zero-order valence-corrected chi connectivity index (χ0v) is 14.8. The molecule has 4 nitrogen and oxygen atoms in total. The highest BCUT2D eigenvalue weighted by Crippen LogP contribution is 2.21. The fraction of sp³-hybridized carbons (Fsp3) is 0.190. The van der Waals surface area contributed by atoms with E-state index in [-0.39, 0.29) is 11.7 Å². The number of nitrogens with one attached hydrogen (secondary N) is 1. The second kappa shape index (κ2) is 7.87. The number of carbonyl (C=O) groups is 1. The summed E-state index contributed by atoms with van der Waals surface area (Å²) in [6.45, 7) is 4.61. The Balaban J connectivity index is 1.64. The first-order valence-corrected chi connectivity index (χ1v) is 8.47. The summed E-state index contributed by atoms with van der Waals surface area (Å²) in [4.78, 5) is 12.5. The number of aromatic nitrogens is 1. The molecule has 0 aliphatic rings. The van der Waals surface area contributed by atoms with Gasteiger partial charge in [-0.1, -0.05) is 18.2 Å². The van der Waals surface area contributed by atoms with Gasteiger partial charge in [0.1, 0.15) is 18.2 Å². The molecule has 1 amide bonds. The van der Waals surface area contributed by atoms with E-state index in [9.17, 15) is 9.18 Å². The Morgan fingerprint density at radius 3 is 2.46 bits per heavy atom. The van der Waals surface area contributed by atoms with Gasteiger partial charge in [-0.3, -0.25) is 4.79 Å². The molecule has 26 heavy (non-hydrogen) atoms. The van der Waals surface area contributed by atoms with E-state index in [1.807, 2.05) is 54.8 Å². The van der Waals surface area contributed by atoms with Crippen molar-refractivity contribution in [2.45, 2.75) is 13.8 Å². The summed E-state index contributed by atoms with van der Waals surface area (Å²) in [6, 6.07) is 17.5. The molecule has 0 spiro atoms.